The number of carbonyl (C=O) groups excluding carboxylic acids is 2. The van der Waals surface area contributed by atoms with E-state index in [2.05, 4.69) is 30.9 Å². The van der Waals surface area contributed by atoms with Gasteiger partial charge < -0.3 is 16.4 Å². The largest absolute Gasteiger partial charge is 0.394 e. The zero-order valence-electron chi connectivity index (χ0n) is 18.5. The predicted molar refractivity (Wildman–Crippen MR) is 127 cm³/mol. The average Bonchev–Trinajstić information content (AvgIpc) is 3.32. The molecule has 0 radical (unpaired) electrons. The van der Waals surface area contributed by atoms with Crippen molar-refractivity contribution in [2.45, 2.75) is 25.4 Å². The molecule has 3 aromatic heterocycles. The van der Waals surface area contributed by atoms with Gasteiger partial charge in [-0.05, 0) is 42.2 Å². The number of benzene rings is 1. The van der Waals surface area contributed by atoms with Gasteiger partial charge in [0.25, 0.3) is 5.91 Å². The molecule has 0 unspecified atom stereocenters. The molecule has 5 rings (SSSR count). The number of aromatic amines is 1. The molecule has 12 heteroatoms. The lowest BCUT2D eigenvalue weighted by molar-refractivity contribution is -0.122. The summed E-state index contributed by atoms with van der Waals surface area (Å²) in [5, 5.41) is 19.8. The van der Waals surface area contributed by atoms with Gasteiger partial charge >= 0.3 is 0 Å². The smallest absolute Gasteiger partial charge is 0.273 e. The van der Waals surface area contributed by atoms with Crippen LogP contribution < -0.4 is 21.7 Å². The lowest BCUT2D eigenvalue weighted by atomic mass is 10.0. The fourth-order valence-corrected chi connectivity index (χ4v) is 3.66. The lowest BCUT2D eigenvalue weighted by Crippen LogP contribution is -2.26. The number of hydrogen-bond acceptors (Lipinski definition) is 8. The second kappa shape index (κ2) is 9.25. The van der Waals surface area contributed by atoms with Crippen molar-refractivity contribution in [3.05, 3.63) is 65.5 Å². The second-order valence-electron chi connectivity index (χ2n) is 8.11. The lowest BCUT2D eigenvalue weighted by Gasteiger charge is -2.13. The predicted octanol–water partition coefficient (Wildman–Crippen LogP) is 2.02. The molecule has 1 saturated carbocycles. The van der Waals surface area contributed by atoms with Crippen LogP contribution in [0, 0.1) is 5.82 Å². The Balaban J connectivity index is 1.49. The summed E-state index contributed by atoms with van der Waals surface area (Å²) >= 11 is 0. The maximum absolute atomic E-state index is 14.0. The normalized spacial score (nSPS) is 13.6. The third kappa shape index (κ3) is 4.81. The van der Waals surface area contributed by atoms with Crippen LogP contribution in [0.3, 0.4) is 0 Å². The van der Waals surface area contributed by atoms with Gasteiger partial charge in [0.05, 0.1) is 18.1 Å². The van der Waals surface area contributed by atoms with Crippen LogP contribution in [0.1, 0.15) is 24.0 Å². The molecule has 0 atom stereocenters. The molecular weight excluding hydrogens is 453 g/mol. The summed E-state index contributed by atoms with van der Waals surface area (Å²) in [6, 6.07) is 6.75. The van der Waals surface area contributed by atoms with Crippen molar-refractivity contribution >= 4 is 35.7 Å². The average molecular weight is 475 g/mol. The minimum absolute atomic E-state index is 0.159. The summed E-state index contributed by atoms with van der Waals surface area (Å²) in [6.45, 7) is 0.299. The van der Waals surface area contributed by atoms with Crippen LogP contribution in [0.5, 0.6) is 0 Å². The Morgan fingerprint density at radius 2 is 2.14 bits per heavy atom. The maximum atomic E-state index is 14.0. The molecule has 1 aromatic carbocycles. The minimum Gasteiger partial charge on any atom is -0.394 e. The highest BCUT2D eigenvalue weighted by atomic mass is 19.1. The van der Waals surface area contributed by atoms with Gasteiger partial charge in [-0.25, -0.2) is 9.37 Å². The first-order chi connectivity index (χ1) is 17.0. The van der Waals surface area contributed by atoms with E-state index < -0.39 is 5.91 Å². The third-order valence-electron chi connectivity index (χ3n) is 5.53. The Labute approximate surface area is 198 Å². The molecule has 0 aliphatic heterocycles. The van der Waals surface area contributed by atoms with Crippen LogP contribution in [-0.4, -0.2) is 43.2 Å². The molecule has 35 heavy (non-hydrogen) atoms. The van der Waals surface area contributed by atoms with Gasteiger partial charge in [-0.1, -0.05) is 6.07 Å². The van der Waals surface area contributed by atoms with E-state index in [1.54, 1.807) is 23.0 Å². The van der Waals surface area contributed by atoms with E-state index in [1.165, 1.54) is 24.4 Å². The zero-order valence-corrected chi connectivity index (χ0v) is 18.5. The molecule has 4 aromatic rings. The van der Waals surface area contributed by atoms with Crippen molar-refractivity contribution < 1.29 is 14.0 Å². The van der Waals surface area contributed by atoms with Crippen LogP contribution in [0.2, 0.25) is 0 Å². The highest BCUT2D eigenvalue weighted by Crippen LogP contribution is 2.28. The fourth-order valence-electron chi connectivity index (χ4n) is 3.66. The van der Waals surface area contributed by atoms with Crippen molar-refractivity contribution in [3.8, 4) is 11.1 Å². The first kappa shape index (κ1) is 22.1. The summed E-state index contributed by atoms with van der Waals surface area (Å²) in [7, 11) is 0. The number of imide groups is 1. The number of aromatic nitrogens is 5. The maximum Gasteiger partial charge on any atom is 0.273 e. The molecule has 2 amide bonds. The first-order valence-electron chi connectivity index (χ1n) is 10.9. The highest BCUT2D eigenvalue weighted by molar-refractivity contribution is 6.02. The number of nitrogens with zero attached hydrogens (tertiary/aromatic N) is 4. The quantitative estimate of drug-likeness (QED) is 0.182. The van der Waals surface area contributed by atoms with Crippen molar-refractivity contribution in [3.63, 3.8) is 0 Å². The number of H-pyrrole nitrogens is 1. The van der Waals surface area contributed by atoms with Gasteiger partial charge in [-0.3, -0.25) is 20.0 Å². The molecule has 178 valence electrons. The number of halogens is 1. The van der Waals surface area contributed by atoms with E-state index in [9.17, 15) is 14.0 Å². The van der Waals surface area contributed by atoms with Crippen molar-refractivity contribution in [1.82, 2.24) is 30.1 Å². The van der Waals surface area contributed by atoms with Gasteiger partial charge in [0, 0.05) is 36.0 Å². The summed E-state index contributed by atoms with van der Waals surface area (Å²) in [6.07, 6.45) is 8.73. The Hall–Kier alpha value is -4.74. The van der Waals surface area contributed by atoms with E-state index in [0.29, 0.717) is 35.4 Å². The van der Waals surface area contributed by atoms with E-state index in [4.69, 9.17) is 5.73 Å². The summed E-state index contributed by atoms with van der Waals surface area (Å²) in [5.41, 5.74) is 9.02. The molecule has 0 bridgehead atoms. The topological polar surface area (TPSA) is 155 Å². The Kier molecular flexibility index (Phi) is 5.83. The molecule has 11 nitrogen and oxygen atoms in total. The van der Waals surface area contributed by atoms with Gasteiger partial charge in [-0.15, -0.1) is 0 Å². The molecule has 0 spiro atoms. The summed E-state index contributed by atoms with van der Waals surface area (Å²) < 4.78 is 15.7. The standard InChI is InChI=1S/C23H22FN9O2/c24-16-1-4-18(15-9-28-29-10-15)13(5-16)8-26-20-7-21(31-17-2-3-17)33-22(32-20)14(11-30-33)6-19(25)23(35)27-12-34/h1,4-7,9-12,17,31H,2-3,8,25H2,(H,26,32)(H,28,29)(H,27,34,35)/b19-6-. The van der Waals surface area contributed by atoms with Crippen LogP contribution in [0.4, 0.5) is 16.0 Å². The van der Waals surface area contributed by atoms with Gasteiger partial charge in [0.1, 0.15) is 17.5 Å². The van der Waals surface area contributed by atoms with Crippen molar-refractivity contribution in [2.24, 2.45) is 5.73 Å². The Morgan fingerprint density at radius 3 is 2.89 bits per heavy atom. The van der Waals surface area contributed by atoms with Crippen molar-refractivity contribution in [1.29, 1.82) is 0 Å². The van der Waals surface area contributed by atoms with Gasteiger partial charge in [-0.2, -0.15) is 14.7 Å². The van der Waals surface area contributed by atoms with E-state index in [0.717, 1.165) is 29.5 Å². The molecule has 1 aliphatic carbocycles. The van der Waals surface area contributed by atoms with Crippen LogP contribution in [0.15, 0.2) is 48.6 Å². The number of nitrogens with two attached hydrogens (primary N) is 1. The highest BCUT2D eigenvalue weighted by Gasteiger charge is 2.23. The number of nitrogens with one attached hydrogen (secondary N) is 4. The molecule has 3 heterocycles. The van der Waals surface area contributed by atoms with Crippen LogP contribution in [-0.2, 0) is 16.1 Å². The number of fused-ring (bicyclic) bond motifs is 1. The Bertz CT molecular complexity index is 1420. The molecule has 6 N–H and O–H groups in total. The van der Waals surface area contributed by atoms with Crippen LogP contribution >= 0.6 is 0 Å². The van der Waals surface area contributed by atoms with Crippen molar-refractivity contribution in [2.75, 3.05) is 10.6 Å². The summed E-state index contributed by atoms with van der Waals surface area (Å²) in [5.74, 6) is 0.169. The Morgan fingerprint density at radius 1 is 1.29 bits per heavy atom. The molecular formula is C23H22FN9O2. The number of carbonyl (C=O) groups is 2. The fraction of sp³-hybridized carbons (Fsp3) is 0.174. The van der Waals surface area contributed by atoms with Gasteiger partial charge in [0.2, 0.25) is 6.41 Å². The van der Waals surface area contributed by atoms with Gasteiger partial charge in [0.15, 0.2) is 5.65 Å². The van der Waals surface area contributed by atoms with E-state index in [1.807, 2.05) is 11.4 Å². The molecule has 1 fully saturated rings. The molecule has 0 saturated heterocycles. The zero-order chi connectivity index (χ0) is 24.4. The minimum atomic E-state index is -0.720. The summed E-state index contributed by atoms with van der Waals surface area (Å²) in [4.78, 5) is 27.1. The number of hydrogen-bond donors (Lipinski definition) is 5. The molecule has 1 aliphatic rings. The van der Waals surface area contributed by atoms with E-state index in [-0.39, 0.29) is 17.9 Å². The number of rotatable bonds is 9. The number of amides is 2. The monoisotopic (exact) mass is 475 g/mol. The number of anilines is 2. The first-order valence-corrected chi connectivity index (χ1v) is 10.9. The SMILES string of the molecule is N/C(=C\c1cnn2c(NC3CC3)cc(NCc3cc(F)ccc3-c3cn[nH]c3)nc12)C(=O)NC=O. The van der Waals surface area contributed by atoms with E-state index >= 15 is 0 Å². The second-order valence-corrected chi connectivity index (χ2v) is 8.11. The third-order valence-corrected chi connectivity index (χ3v) is 5.53. The van der Waals surface area contributed by atoms with Crippen LogP contribution in [0.25, 0.3) is 22.9 Å².